The van der Waals surface area contributed by atoms with Gasteiger partial charge in [-0.05, 0) is 49.7 Å². The van der Waals surface area contributed by atoms with E-state index in [0.717, 1.165) is 12.2 Å². The highest BCUT2D eigenvalue weighted by molar-refractivity contribution is 5.77. The number of carbonyl (C=O) groups excluding carboxylic acids is 1. The molecule has 0 heterocycles. The Hall–Kier alpha value is -2.57. The van der Waals surface area contributed by atoms with Gasteiger partial charge in [0.25, 0.3) is 5.91 Å². The normalized spacial score (nSPS) is 10.4. The highest BCUT2D eigenvalue weighted by atomic mass is 16.5. The number of hydrogen-bond acceptors (Lipinski definition) is 5. The van der Waals surface area contributed by atoms with Gasteiger partial charge in [-0.3, -0.25) is 4.79 Å². The molecular formula is C21H27NO5. The number of methoxy groups -OCH3 is 1. The second-order valence-electron chi connectivity index (χ2n) is 5.98. The van der Waals surface area contributed by atoms with Crippen molar-refractivity contribution in [2.24, 2.45) is 0 Å². The van der Waals surface area contributed by atoms with Gasteiger partial charge >= 0.3 is 0 Å². The van der Waals surface area contributed by atoms with Crippen molar-refractivity contribution in [3.8, 4) is 17.2 Å². The highest BCUT2D eigenvalue weighted by Gasteiger charge is 2.03. The maximum atomic E-state index is 11.8. The molecule has 0 bridgehead atoms. The van der Waals surface area contributed by atoms with E-state index in [2.05, 4.69) is 5.32 Å². The van der Waals surface area contributed by atoms with Crippen LogP contribution in [-0.4, -0.2) is 46.0 Å². The van der Waals surface area contributed by atoms with Gasteiger partial charge in [-0.15, -0.1) is 0 Å². The van der Waals surface area contributed by atoms with Gasteiger partial charge in [0.2, 0.25) is 0 Å². The Morgan fingerprint density at radius 1 is 0.889 bits per heavy atom. The molecule has 0 radical (unpaired) electrons. The van der Waals surface area contributed by atoms with E-state index in [-0.39, 0.29) is 12.5 Å². The SMILES string of the molecule is COCCOCCCNC(=O)COc1ccc(Oc2ccc(C)cc2)cc1. The molecule has 0 saturated heterocycles. The molecule has 6 nitrogen and oxygen atoms in total. The van der Waals surface area contributed by atoms with Crippen LogP contribution in [0.4, 0.5) is 0 Å². The van der Waals surface area contributed by atoms with Crippen LogP contribution in [-0.2, 0) is 14.3 Å². The van der Waals surface area contributed by atoms with Crippen LogP contribution in [0.2, 0.25) is 0 Å². The summed E-state index contributed by atoms with van der Waals surface area (Å²) >= 11 is 0. The lowest BCUT2D eigenvalue weighted by atomic mass is 10.2. The number of amides is 1. The third kappa shape index (κ3) is 8.57. The Morgan fingerprint density at radius 2 is 1.52 bits per heavy atom. The molecule has 0 aliphatic heterocycles. The van der Waals surface area contributed by atoms with Crippen molar-refractivity contribution in [3.63, 3.8) is 0 Å². The average molecular weight is 373 g/mol. The maximum absolute atomic E-state index is 11.8. The first-order valence-electron chi connectivity index (χ1n) is 8.98. The standard InChI is InChI=1S/C21H27NO5/c1-17-4-6-19(7-5-17)27-20-10-8-18(9-11-20)26-16-21(23)22-12-3-13-25-15-14-24-2/h4-11H,3,12-16H2,1-2H3,(H,22,23). The molecule has 0 spiro atoms. The first-order valence-corrected chi connectivity index (χ1v) is 8.98. The fourth-order valence-corrected chi connectivity index (χ4v) is 2.19. The predicted octanol–water partition coefficient (Wildman–Crippen LogP) is 3.34. The Morgan fingerprint density at radius 3 is 2.19 bits per heavy atom. The summed E-state index contributed by atoms with van der Waals surface area (Å²) in [6.45, 7) is 4.29. The van der Waals surface area contributed by atoms with Crippen LogP contribution in [0, 0.1) is 6.92 Å². The molecule has 27 heavy (non-hydrogen) atoms. The molecule has 0 saturated carbocycles. The van der Waals surface area contributed by atoms with E-state index in [4.69, 9.17) is 18.9 Å². The zero-order chi connectivity index (χ0) is 19.3. The minimum Gasteiger partial charge on any atom is -0.484 e. The molecule has 2 aromatic rings. The van der Waals surface area contributed by atoms with Crippen LogP contribution in [0.1, 0.15) is 12.0 Å². The van der Waals surface area contributed by atoms with E-state index >= 15 is 0 Å². The van der Waals surface area contributed by atoms with E-state index in [1.807, 2.05) is 43.3 Å². The zero-order valence-electron chi connectivity index (χ0n) is 15.9. The fourth-order valence-electron chi connectivity index (χ4n) is 2.19. The third-order valence-corrected chi connectivity index (χ3v) is 3.67. The third-order valence-electron chi connectivity index (χ3n) is 3.67. The number of aryl methyl sites for hydroxylation is 1. The van der Waals surface area contributed by atoms with Crippen LogP contribution in [0.15, 0.2) is 48.5 Å². The largest absolute Gasteiger partial charge is 0.484 e. The number of carbonyl (C=O) groups is 1. The summed E-state index contributed by atoms with van der Waals surface area (Å²) in [5, 5.41) is 2.79. The van der Waals surface area contributed by atoms with E-state index in [1.165, 1.54) is 5.56 Å². The van der Waals surface area contributed by atoms with E-state index in [9.17, 15) is 4.79 Å². The van der Waals surface area contributed by atoms with Gasteiger partial charge in [0.1, 0.15) is 17.2 Å². The molecular weight excluding hydrogens is 346 g/mol. The van der Waals surface area contributed by atoms with Gasteiger partial charge in [0.05, 0.1) is 13.2 Å². The lowest BCUT2D eigenvalue weighted by Gasteiger charge is -2.09. The number of rotatable bonds is 12. The van der Waals surface area contributed by atoms with Crippen molar-refractivity contribution >= 4 is 5.91 Å². The Kier molecular flexibility index (Phi) is 9.17. The Labute approximate surface area is 160 Å². The van der Waals surface area contributed by atoms with Crippen LogP contribution in [0.25, 0.3) is 0 Å². The van der Waals surface area contributed by atoms with Crippen molar-refractivity contribution in [1.82, 2.24) is 5.32 Å². The van der Waals surface area contributed by atoms with Crippen molar-refractivity contribution in [2.45, 2.75) is 13.3 Å². The molecule has 2 rings (SSSR count). The zero-order valence-corrected chi connectivity index (χ0v) is 15.9. The highest BCUT2D eigenvalue weighted by Crippen LogP contribution is 2.24. The summed E-state index contributed by atoms with van der Waals surface area (Å²) in [6.07, 6.45) is 0.750. The summed E-state index contributed by atoms with van der Waals surface area (Å²) in [6, 6.07) is 15.0. The summed E-state index contributed by atoms with van der Waals surface area (Å²) < 4.78 is 21.5. The van der Waals surface area contributed by atoms with Gasteiger partial charge in [-0.25, -0.2) is 0 Å². The molecule has 6 heteroatoms. The lowest BCUT2D eigenvalue weighted by Crippen LogP contribution is -2.30. The van der Waals surface area contributed by atoms with E-state index in [0.29, 0.717) is 37.9 Å². The second-order valence-corrected chi connectivity index (χ2v) is 5.98. The molecule has 146 valence electrons. The van der Waals surface area contributed by atoms with Gasteiger partial charge in [-0.2, -0.15) is 0 Å². The van der Waals surface area contributed by atoms with Gasteiger partial charge in [-0.1, -0.05) is 17.7 Å². The summed E-state index contributed by atoms with van der Waals surface area (Å²) in [7, 11) is 1.63. The minimum absolute atomic E-state index is 0.0251. The molecule has 0 atom stereocenters. The molecule has 0 unspecified atom stereocenters. The molecule has 1 N–H and O–H groups in total. The topological polar surface area (TPSA) is 66.0 Å². The Bertz CT molecular complexity index is 670. The van der Waals surface area contributed by atoms with Gasteiger partial charge in [0.15, 0.2) is 6.61 Å². The maximum Gasteiger partial charge on any atom is 0.257 e. The van der Waals surface area contributed by atoms with Crippen LogP contribution >= 0.6 is 0 Å². The van der Waals surface area contributed by atoms with Crippen molar-refractivity contribution in [2.75, 3.05) is 40.1 Å². The van der Waals surface area contributed by atoms with Crippen molar-refractivity contribution in [3.05, 3.63) is 54.1 Å². The molecule has 0 aromatic heterocycles. The molecule has 0 fully saturated rings. The average Bonchev–Trinajstić information content (AvgIpc) is 2.68. The summed E-state index contributed by atoms with van der Waals surface area (Å²) in [4.78, 5) is 11.8. The molecule has 0 aliphatic rings. The summed E-state index contributed by atoms with van der Waals surface area (Å²) in [5.41, 5.74) is 1.18. The first-order chi connectivity index (χ1) is 13.2. The van der Waals surface area contributed by atoms with Gasteiger partial charge < -0.3 is 24.3 Å². The van der Waals surface area contributed by atoms with Crippen molar-refractivity contribution < 1.29 is 23.7 Å². The van der Waals surface area contributed by atoms with Gasteiger partial charge in [0, 0.05) is 20.3 Å². The number of benzene rings is 2. The van der Waals surface area contributed by atoms with Crippen LogP contribution in [0.5, 0.6) is 17.2 Å². The molecule has 2 aromatic carbocycles. The smallest absolute Gasteiger partial charge is 0.257 e. The molecule has 0 aliphatic carbocycles. The molecule has 1 amide bonds. The quantitative estimate of drug-likeness (QED) is 0.578. The number of hydrogen-bond donors (Lipinski definition) is 1. The van der Waals surface area contributed by atoms with Crippen molar-refractivity contribution in [1.29, 1.82) is 0 Å². The lowest BCUT2D eigenvalue weighted by molar-refractivity contribution is -0.123. The van der Waals surface area contributed by atoms with Crippen LogP contribution < -0.4 is 14.8 Å². The monoisotopic (exact) mass is 373 g/mol. The van der Waals surface area contributed by atoms with Crippen LogP contribution in [0.3, 0.4) is 0 Å². The fraction of sp³-hybridized carbons (Fsp3) is 0.381. The minimum atomic E-state index is -0.160. The number of nitrogens with one attached hydrogen (secondary N) is 1. The summed E-state index contributed by atoms with van der Waals surface area (Å²) in [5.74, 6) is 1.94. The van der Waals surface area contributed by atoms with E-state index < -0.39 is 0 Å². The second kappa shape index (κ2) is 11.9. The first kappa shape index (κ1) is 20.7. The van der Waals surface area contributed by atoms with E-state index in [1.54, 1.807) is 19.2 Å². The Balaban J connectivity index is 1.63. The predicted molar refractivity (Wildman–Crippen MR) is 104 cm³/mol. The number of ether oxygens (including phenoxy) is 4.